The second-order valence-electron chi connectivity index (χ2n) is 10.4. The Kier molecular flexibility index (Phi) is 9.70. The predicted molar refractivity (Wildman–Crippen MR) is 157 cm³/mol. The van der Waals surface area contributed by atoms with Crippen molar-refractivity contribution in [3.05, 3.63) is 102 Å². The van der Waals surface area contributed by atoms with Gasteiger partial charge in [-0.25, -0.2) is 4.39 Å². The van der Waals surface area contributed by atoms with E-state index in [4.69, 9.17) is 5.11 Å². The number of rotatable bonds is 12. The molecule has 0 bridgehead atoms. The van der Waals surface area contributed by atoms with Gasteiger partial charge in [-0.2, -0.15) is 0 Å². The number of para-hydroxylation sites is 1. The van der Waals surface area contributed by atoms with Gasteiger partial charge in [0.15, 0.2) is 0 Å². The van der Waals surface area contributed by atoms with Gasteiger partial charge in [0, 0.05) is 23.5 Å². The number of nitrogens with zero attached hydrogens (tertiary/aromatic N) is 1. The smallest absolute Gasteiger partial charge is 0.305 e. The van der Waals surface area contributed by atoms with Gasteiger partial charge >= 0.3 is 5.97 Å². The SMILES string of the molecule is CC(C)c1c(C(=O)Nc2ccccc2)c(-c2ccccc2)c(-c2ccc(F)cc2)n1CCC(O)C[C@@H](O)CC(=O)O. The molecule has 4 rings (SSSR count). The Morgan fingerprint density at radius 1 is 0.854 bits per heavy atom. The Bertz CT molecular complexity index is 1470. The van der Waals surface area contributed by atoms with Gasteiger partial charge in [-0.3, -0.25) is 9.59 Å². The highest BCUT2D eigenvalue weighted by Gasteiger charge is 2.31. The molecule has 0 aliphatic carbocycles. The summed E-state index contributed by atoms with van der Waals surface area (Å²) in [5, 5.41) is 32.8. The summed E-state index contributed by atoms with van der Waals surface area (Å²) in [5.74, 6) is -1.93. The van der Waals surface area contributed by atoms with E-state index in [0.717, 1.165) is 11.3 Å². The molecular weight excluding hydrogens is 523 g/mol. The molecule has 8 heteroatoms. The number of hydrogen-bond acceptors (Lipinski definition) is 4. The van der Waals surface area contributed by atoms with Crippen molar-refractivity contribution < 1.29 is 29.3 Å². The molecule has 41 heavy (non-hydrogen) atoms. The maximum Gasteiger partial charge on any atom is 0.305 e. The number of carbonyl (C=O) groups excluding carboxylic acids is 1. The topological polar surface area (TPSA) is 112 Å². The minimum Gasteiger partial charge on any atom is -0.481 e. The second-order valence-corrected chi connectivity index (χ2v) is 10.4. The number of amides is 1. The molecule has 0 aliphatic rings. The van der Waals surface area contributed by atoms with E-state index in [2.05, 4.69) is 5.32 Å². The molecule has 1 heterocycles. The molecule has 0 fully saturated rings. The summed E-state index contributed by atoms with van der Waals surface area (Å²) in [5.41, 5.74) is 4.77. The zero-order valence-electron chi connectivity index (χ0n) is 23.1. The van der Waals surface area contributed by atoms with Crippen LogP contribution in [-0.4, -0.2) is 44.0 Å². The quantitative estimate of drug-likeness (QED) is 0.163. The van der Waals surface area contributed by atoms with Gasteiger partial charge in [0.2, 0.25) is 0 Å². The summed E-state index contributed by atoms with van der Waals surface area (Å²) in [4.78, 5) is 25.0. The van der Waals surface area contributed by atoms with E-state index in [-0.39, 0.29) is 37.0 Å². The lowest BCUT2D eigenvalue weighted by molar-refractivity contribution is -0.139. The molecule has 1 aromatic heterocycles. The lowest BCUT2D eigenvalue weighted by atomic mass is 9.94. The molecular formula is C33H35FN2O5. The van der Waals surface area contributed by atoms with Crippen LogP contribution in [0.5, 0.6) is 0 Å². The zero-order chi connectivity index (χ0) is 29.5. The molecule has 0 spiro atoms. The summed E-state index contributed by atoms with van der Waals surface area (Å²) in [6, 6.07) is 24.8. The van der Waals surface area contributed by atoms with Crippen molar-refractivity contribution in [1.29, 1.82) is 0 Å². The van der Waals surface area contributed by atoms with E-state index < -0.39 is 24.6 Å². The van der Waals surface area contributed by atoms with Crippen LogP contribution in [0.3, 0.4) is 0 Å². The molecule has 3 aromatic carbocycles. The number of anilines is 1. The summed E-state index contributed by atoms with van der Waals surface area (Å²) in [6.45, 7) is 4.25. The van der Waals surface area contributed by atoms with Crippen molar-refractivity contribution in [2.45, 2.75) is 57.8 Å². The van der Waals surface area contributed by atoms with Gasteiger partial charge in [-0.15, -0.1) is 0 Å². The number of carbonyl (C=O) groups is 2. The molecule has 0 radical (unpaired) electrons. The van der Waals surface area contributed by atoms with Crippen LogP contribution in [-0.2, 0) is 11.3 Å². The Balaban J connectivity index is 1.89. The Labute approximate surface area is 238 Å². The first kappa shape index (κ1) is 29.7. The summed E-state index contributed by atoms with van der Waals surface area (Å²) < 4.78 is 16.0. The Morgan fingerprint density at radius 2 is 1.46 bits per heavy atom. The van der Waals surface area contributed by atoms with Crippen molar-refractivity contribution in [2.75, 3.05) is 5.32 Å². The number of nitrogens with one attached hydrogen (secondary N) is 1. The fourth-order valence-electron chi connectivity index (χ4n) is 5.20. The number of hydrogen-bond donors (Lipinski definition) is 4. The Morgan fingerprint density at radius 3 is 2.05 bits per heavy atom. The maximum absolute atomic E-state index is 14.0. The minimum absolute atomic E-state index is 0.0939. The lowest BCUT2D eigenvalue weighted by Crippen LogP contribution is -2.22. The Hall–Kier alpha value is -4.27. The summed E-state index contributed by atoms with van der Waals surface area (Å²) >= 11 is 0. The van der Waals surface area contributed by atoms with Gasteiger partial charge in [0.05, 0.1) is 29.9 Å². The minimum atomic E-state index is -1.18. The van der Waals surface area contributed by atoms with Crippen LogP contribution < -0.4 is 5.32 Å². The van der Waals surface area contributed by atoms with Crippen LogP contribution in [0.1, 0.15) is 55.1 Å². The number of carboxylic acid groups (broad SMARTS) is 1. The molecule has 2 atom stereocenters. The summed E-state index contributed by atoms with van der Waals surface area (Å²) in [6.07, 6.45) is -2.51. The number of aliphatic hydroxyl groups excluding tert-OH is 2. The predicted octanol–water partition coefficient (Wildman–Crippen LogP) is 6.31. The lowest BCUT2D eigenvalue weighted by Gasteiger charge is -2.20. The number of halogens is 1. The van der Waals surface area contributed by atoms with E-state index in [0.29, 0.717) is 28.1 Å². The largest absolute Gasteiger partial charge is 0.481 e. The number of aromatic nitrogens is 1. The molecule has 4 N–H and O–H groups in total. The maximum atomic E-state index is 14.0. The molecule has 0 saturated heterocycles. The first-order valence-corrected chi connectivity index (χ1v) is 13.7. The van der Waals surface area contributed by atoms with Gasteiger partial charge in [0.25, 0.3) is 5.91 Å². The fraction of sp³-hybridized carbons (Fsp3) is 0.273. The molecule has 7 nitrogen and oxygen atoms in total. The first-order valence-electron chi connectivity index (χ1n) is 13.7. The standard InChI is InChI=1S/C33H35FN2O5/c1-21(2)31-30(33(41)35-25-11-7-4-8-12-25)29(22-9-5-3-6-10-22)32(23-13-15-24(34)16-14-23)36(31)18-17-26(37)19-27(38)20-28(39)40/h3-16,21,26-27,37-38H,17-20H2,1-2H3,(H,35,41)(H,39,40)/t26?,27-/m1/s1. The van der Waals surface area contributed by atoms with Crippen molar-refractivity contribution in [2.24, 2.45) is 0 Å². The highest BCUT2D eigenvalue weighted by Crippen LogP contribution is 2.42. The third kappa shape index (κ3) is 7.28. The van der Waals surface area contributed by atoms with E-state index >= 15 is 0 Å². The average Bonchev–Trinajstić information content (AvgIpc) is 3.28. The number of aliphatic hydroxyl groups is 2. The average molecular weight is 559 g/mol. The first-order chi connectivity index (χ1) is 19.7. The molecule has 4 aromatic rings. The van der Waals surface area contributed by atoms with Crippen LogP contribution in [0.2, 0.25) is 0 Å². The van der Waals surface area contributed by atoms with Crippen molar-refractivity contribution in [3.8, 4) is 22.4 Å². The van der Waals surface area contributed by atoms with Crippen LogP contribution in [0.4, 0.5) is 10.1 Å². The van der Waals surface area contributed by atoms with Gasteiger partial charge in [-0.1, -0.05) is 62.4 Å². The van der Waals surface area contributed by atoms with Crippen LogP contribution in [0.15, 0.2) is 84.9 Å². The second kappa shape index (κ2) is 13.4. The van der Waals surface area contributed by atoms with Crippen LogP contribution in [0, 0.1) is 5.82 Å². The highest BCUT2D eigenvalue weighted by atomic mass is 19.1. The zero-order valence-corrected chi connectivity index (χ0v) is 23.1. The van der Waals surface area contributed by atoms with Crippen LogP contribution in [0.25, 0.3) is 22.4 Å². The molecule has 0 saturated carbocycles. The van der Waals surface area contributed by atoms with E-state index in [1.54, 1.807) is 12.1 Å². The van der Waals surface area contributed by atoms with Crippen molar-refractivity contribution >= 4 is 17.6 Å². The molecule has 214 valence electrons. The number of carboxylic acids is 1. The third-order valence-corrected chi connectivity index (χ3v) is 6.93. The van der Waals surface area contributed by atoms with E-state index in [1.807, 2.05) is 79.1 Å². The number of benzene rings is 3. The fourth-order valence-corrected chi connectivity index (χ4v) is 5.20. The molecule has 0 aliphatic heterocycles. The third-order valence-electron chi connectivity index (χ3n) is 6.93. The molecule has 1 unspecified atom stereocenters. The van der Waals surface area contributed by atoms with Gasteiger partial charge < -0.3 is 25.2 Å². The van der Waals surface area contributed by atoms with E-state index in [1.165, 1.54) is 12.1 Å². The van der Waals surface area contributed by atoms with Gasteiger partial charge in [-0.05, 0) is 66.3 Å². The van der Waals surface area contributed by atoms with Crippen molar-refractivity contribution in [1.82, 2.24) is 4.57 Å². The van der Waals surface area contributed by atoms with Crippen LogP contribution >= 0.6 is 0 Å². The number of aliphatic carboxylic acids is 1. The molecule has 1 amide bonds. The normalized spacial score (nSPS) is 12.7. The van der Waals surface area contributed by atoms with Crippen molar-refractivity contribution in [3.63, 3.8) is 0 Å². The monoisotopic (exact) mass is 558 g/mol. The summed E-state index contributed by atoms with van der Waals surface area (Å²) in [7, 11) is 0. The van der Waals surface area contributed by atoms with E-state index in [9.17, 15) is 24.2 Å². The highest BCUT2D eigenvalue weighted by molar-refractivity contribution is 6.12. The van der Waals surface area contributed by atoms with Gasteiger partial charge in [0.1, 0.15) is 5.82 Å².